The maximum Gasteiger partial charge on any atom is 0.268 e. The zero-order valence-corrected chi connectivity index (χ0v) is 21.6. The molecule has 6 nitrogen and oxygen atoms in total. The summed E-state index contributed by atoms with van der Waals surface area (Å²) in [5.74, 6) is 2.08. The lowest BCUT2D eigenvalue weighted by Crippen LogP contribution is -2.29. The minimum Gasteiger partial charge on any atom is -0.493 e. The summed E-state index contributed by atoms with van der Waals surface area (Å²) in [5, 5.41) is 9.72. The molecule has 0 spiro atoms. The van der Waals surface area contributed by atoms with Gasteiger partial charge in [-0.15, -0.1) is 0 Å². The van der Waals surface area contributed by atoms with E-state index in [1.54, 1.807) is 36.3 Å². The lowest BCUT2D eigenvalue weighted by Gasteiger charge is -2.17. The summed E-state index contributed by atoms with van der Waals surface area (Å²) in [6, 6.07) is 23.3. The van der Waals surface area contributed by atoms with Crippen LogP contribution >= 0.6 is 0 Å². The van der Waals surface area contributed by atoms with Crippen molar-refractivity contribution in [2.75, 3.05) is 31.8 Å². The van der Waals surface area contributed by atoms with Crippen LogP contribution in [0.5, 0.6) is 17.2 Å². The van der Waals surface area contributed by atoms with E-state index in [4.69, 9.17) is 14.2 Å². The van der Waals surface area contributed by atoms with E-state index in [-0.39, 0.29) is 11.5 Å². The van der Waals surface area contributed by atoms with Crippen LogP contribution in [0, 0.1) is 11.3 Å². The van der Waals surface area contributed by atoms with Crippen molar-refractivity contribution in [2.45, 2.75) is 32.6 Å². The number of ether oxygens (including phenoxy) is 3. The van der Waals surface area contributed by atoms with Crippen molar-refractivity contribution in [3.8, 4) is 23.3 Å². The van der Waals surface area contributed by atoms with Crippen molar-refractivity contribution in [2.24, 2.45) is 0 Å². The zero-order valence-electron chi connectivity index (χ0n) is 21.6. The summed E-state index contributed by atoms with van der Waals surface area (Å²) in [6.45, 7) is 5.65. The summed E-state index contributed by atoms with van der Waals surface area (Å²) < 4.78 is 17.4. The minimum atomic E-state index is -0.304. The number of nitrogens with zero attached hydrogens (tertiary/aromatic N) is 2. The molecule has 1 unspecified atom stereocenters. The Morgan fingerprint density at radius 1 is 1.03 bits per heavy atom. The van der Waals surface area contributed by atoms with E-state index in [2.05, 4.69) is 26.0 Å². The molecule has 0 saturated carbocycles. The van der Waals surface area contributed by atoms with E-state index < -0.39 is 0 Å². The molecule has 6 heteroatoms. The van der Waals surface area contributed by atoms with Crippen LogP contribution in [0.25, 0.3) is 6.08 Å². The van der Waals surface area contributed by atoms with E-state index in [0.717, 1.165) is 29.8 Å². The molecular weight excluding hydrogens is 464 g/mol. The van der Waals surface area contributed by atoms with Crippen LogP contribution < -0.4 is 19.1 Å². The maximum absolute atomic E-state index is 13.1. The molecule has 190 valence electrons. The minimum absolute atomic E-state index is 0.0702. The first-order valence-corrected chi connectivity index (χ1v) is 12.6. The Morgan fingerprint density at radius 2 is 1.76 bits per heavy atom. The standard InChI is InChI=1S/C31H32N2O4/c1-4-22(2)26-10-6-8-12-28(26)36-17-18-37-29-14-13-23(20-30(29)35-3)19-25(21-32)31(34)33-16-15-24-9-5-7-11-27(24)33/h5-14,19-20,22H,4,15-18H2,1-3H3. The van der Waals surface area contributed by atoms with Gasteiger partial charge < -0.3 is 19.1 Å². The fourth-order valence-corrected chi connectivity index (χ4v) is 4.44. The highest BCUT2D eigenvalue weighted by Crippen LogP contribution is 2.32. The van der Waals surface area contributed by atoms with Crippen LogP contribution in [0.4, 0.5) is 5.69 Å². The number of anilines is 1. The van der Waals surface area contributed by atoms with Crippen LogP contribution in [0.2, 0.25) is 0 Å². The monoisotopic (exact) mass is 496 g/mol. The number of rotatable bonds is 10. The molecule has 0 N–H and O–H groups in total. The Labute approximate surface area is 218 Å². The summed E-state index contributed by atoms with van der Waals surface area (Å²) in [5.41, 5.74) is 3.92. The van der Waals surface area contributed by atoms with Gasteiger partial charge in [-0.05, 0) is 65.8 Å². The van der Waals surface area contributed by atoms with Gasteiger partial charge in [0.2, 0.25) is 0 Å². The number of nitriles is 1. The van der Waals surface area contributed by atoms with Crippen molar-refractivity contribution >= 4 is 17.7 Å². The summed E-state index contributed by atoms with van der Waals surface area (Å²) >= 11 is 0. The number of benzene rings is 3. The lowest BCUT2D eigenvalue weighted by molar-refractivity contribution is -0.114. The first-order valence-electron chi connectivity index (χ1n) is 12.6. The molecule has 0 aromatic heterocycles. The van der Waals surface area contributed by atoms with Crippen LogP contribution in [0.15, 0.2) is 72.3 Å². The van der Waals surface area contributed by atoms with Crippen molar-refractivity contribution in [3.05, 3.63) is 89.0 Å². The molecule has 3 aromatic carbocycles. The van der Waals surface area contributed by atoms with Gasteiger partial charge in [0.1, 0.15) is 30.6 Å². The second kappa shape index (κ2) is 12.1. The predicted octanol–water partition coefficient (Wildman–Crippen LogP) is 6.16. The average molecular weight is 497 g/mol. The fourth-order valence-electron chi connectivity index (χ4n) is 4.44. The molecule has 1 atom stereocenters. The Balaban J connectivity index is 1.41. The van der Waals surface area contributed by atoms with Gasteiger partial charge >= 0.3 is 0 Å². The molecule has 1 aliphatic heterocycles. The molecule has 37 heavy (non-hydrogen) atoms. The molecule has 0 radical (unpaired) electrons. The number of fused-ring (bicyclic) bond motifs is 1. The van der Waals surface area contributed by atoms with Crippen molar-refractivity contribution in [1.29, 1.82) is 5.26 Å². The molecule has 0 bridgehead atoms. The van der Waals surface area contributed by atoms with E-state index in [1.165, 1.54) is 5.56 Å². The third-order valence-corrected chi connectivity index (χ3v) is 6.64. The van der Waals surface area contributed by atoms with Crippen LogP contribution in [0.3, 0.4) is 0 Å². The Hall–Kier alpha value is -4.24. The van der Waals surface area contributed by atoms with Crippen LogP contribution in [-0.2, 0) is 11.2 Å². The lowest BCUT2D eigenvalue weighted by atomic mass is 9.98. The highest BCUT2D eigenvalue weighted by molar-refractivity contribution is 6.12. The Kier molecular flexibility index (Phi) is 8.48. The smallest absolute Gasteiger partial charge is 0.268 e. The van der Waals surface area contributed by atoms with Gasteiger partial charge in [0.15, 0.2) is 11.5 Å². The van der Waals surface area contributed by atoms with Gasteiger partial charge in [-0.1, -0.05) is 56.3 Å². The van der Waals surface area contributed by atoms with E-state index in [0.29, 0.717) is 42.7 Å². The first kappa shape index (κ1) is 25.8. The van der Waals surface area contributed by atoms with E-state index in [1.807, 2.05) is 42.5 Å². The molecule has 0 fully saturated rings. The van der Waals surface area contributed by atoms with Crippen molar-refractivity contribution in [1.82, 2.24) is 0 Å². The molecule has 3 aromatic rings. The second-order valence-electron chi connectivity index (χ2n) is 8.96. The Morgan fingerprint density at radius 3 is 2.51 bits per heavy atom. The number of hydrogen-bond donors (Lipinski definition) is 0. The molecule has 0 saturated heterocycles. The molecule has 1 amide bonds. The quantitative estimate of drug-likeness (QED) is 0.191. The third-order valence-electron chi connectivity index (χ3n) is 6.64. The highest BCUT2D eigenvalue weighted by atomic mass is 16.5. The van der Waals surface area contributed by atoms with Crippen LogP contribution in [-0.4, -0.2) is 32.8 Å². The van der Waals surface area contributed by atoms with Gasteiger partial charge in [0, 0.05) is 12.2 Å². The van der Waals surface area contributed by atoms with Crippen LogP contribution in [0.1, 0.15) is 42.9 Å². The number of para-hydroxylation sites is 2. The zero-order chi connectivity index (χ0) is 26.2. The fraction of sp³-hybridized carbons (Fsp3) is 0.290. The Bertz CT molecular complexity index is 1320. The topological polar surface area (TPSA) is 71.8 Å². The summed E-state index contributed by atoms with van der Waals surface area (Å²) in [6.07, 6.45) is 3.41. The van der Waals surface area contributed by atoms with Gasteiger partial charge in [-0.3, -0.25) is 4.79 Å². The molecule has 4 rings (SSSR count). The number of carbonyl (C=O) groups is 1. The van der Waals surface area contributed by atoms with Gasteiger partial charge in [0.05, 0.1) is 7.11 Å². The maximum atomic E-state index is 13.1. The average Bonchev–Trinajstić information content (AvgIpc) is 3.38. The largest absolute Gasteiger partial charge is 0.493 e. The molecule has 1 aliphatic rings. The number of carbonyl (C=O) groups excluding carboxylic acids is 1. The number of hydrogen-bond acceptors (Lipinski definition) is 5. The molecular formula is C31H32N2O4. The first-order chi connectivity index (χ1) is 18.0. The van der Waals surface area contributed by atoms with Gasteiger partial charge in [-0.25, -0.2) is 0 Å². The molecule has 0 aliphatic carbocycles. The second-order valence-corrected chi connectivity index (χ2v) is 8.96. The number of methoxy groups -OCH3 is 1. The highest BCUT2D eigenvalue weighted by Gasteiger charge is 2.26. The normalized spacial score (nSPS) is 13.5. The molecule has 1 heterocycles. The number of amides is 1. The third kappa shape index (κ3) is 5.95. The van der Waals surface area contributed by atoms with Gasteiger partial charge in [0.25, 0.3) is 5.91 Å². The van der Waals surface area contributed by atoms with Crippen molar-refractivity contribution < 1.29 is 19.0 Å². The van der Waals surface area contributed by atoms with E-state index >= 15 is 0 Å². The summed E-state index contributed by atoms with van der Waals surface area (Å²) in [4.78, 5) is 14.8. The van der Waals surface area contributed by atoms with Gasteiger partial charge in [-0.2, -0.15) is 5.26 Å². The van der Waals surface area contributed by atoms with E-state index in [9.17, 15) is 10.1 Å². The predicted molar refractivity (Wildman–Crippen MR) is 145 cm³/mol. The van der Waals surface area contributed by atoms with Crippen molar-refractivity contribution in [3.63, 3.8) is 0 Å². The SMILES string of the molecule is CCC(C)c1ccccc1OCCOc1ccc(C=C(C#N)C(=O)N2CCc3ccccc32)cc1OC. The summed E-state index contributed by atoms with van der Waals surface area (Å²) in [7, 11) is 1.56.